The van der Waals surface area contributed by atoms with Crippen LogP contribution in [-0.2, 0) is 9.59 Å². The van der Waals surface area contributed by atoms with Gasteiger partial charge in [0.05, 0.1) is 17.0 Å². The number of carbonyl (C=O) groups is 3. The highest BCUT2D eigenvalue weighted by molar-refractivity contribution is 6.32. The van der Waals surface area contributed by atoms with Crippen LogP contribution in [0.15, 0.2) is 91.0 Å². The molecule has 0 radical (unpaired) electrons. The molecule has 0 saturated carbocycles. The third-order valence-electron chi connectivity index (χ3n) is 8.90. The second kappa shape index (κ2) is 8.39. The Morgan fingerprint density at radius 2 is 1.46 bits per heavy atom. The van der Waals surface area contributed by atoms with E-state index < -0.39 is 11.3 Å². The highest BCUT2D eigenvalue weighted by atomic mass is 35.5. The largest absolute Gasteiger partial charge is 0.322 e. The SMILES string of the molecule is Cc1c(Cl)cccc1NC(=O)c1cccc(N2C(=O)[C@@H]3C4c5ccccc5C(c5ccccc54)[C@]3(C)C2=O)c1. The van der Waals surface area contributed by atoms with Gasteiger partial charge in [0.15, 0.2) is 0 Å². The van der Waals surface area contributed by atoms with Crippen molar-refractivity contribution in [2.24, 2.45) is 11.3 Å². The Balaban J connectivity index is 1.29. The minimum absolute atomic E-state index is 0.203. The Bertz CT molecular complexity index is 1680. The molecule has 1 saturated heterocycles. The molecule has 4 aromatic rings. The number of halogens is 1. The lowest BCUT2D eigenvalue weighted by Gasteiger charge is -2.51. The van der Waals surface area contributed by atoms with Crippen LogP contribution in [0.25, 0.3) is 0 Å². The number of nitrogens with one attached hydrogen (secondary N) is 1. The van der Waals surface area contributed by atoms with Gasteiger partial charge in [0.1, 0.15) is 0 Å². The third-order valence-corrected chi connectivity index (χ3v) is 9.31. The third kappa shape index (κ3) is 3.17. The lowest BCUT2D eigenvalue weighted by atomic mass is 9.48. The molecule has 3 aliphatic carbocycles. The summed E-state index contributed by atoms with van der Waals surface area (Å²) in [6, 6.07) is 28.4. The van der Waals surface area contributed by atoms with Gasteiger partial charge >= 0.3 is 0 Å². The number of benzene rings is 4. The number of amides is 3. The van der Waals surface area contributed by atoms with Gasteiger partial charge < -0.3 is 5.32 Å². The fourth-order valence-electron chi connectivity index (χ4n) is 7.08. The van der Waals surface area contributed by atoms with Gasteiger partial charge in [0, 0.05) is 28.1 Å². The first kappa shape index (κ1) is 23.9. The van der Waals surface area contributed by atoms with Gasteiger partial charge in [0.25, 0.3) is 5.91 Å². The fourth-order valence-corrected chi connectivity index (χ4v) is 7.26. The number of carbonyl (C=O) groups excluding carboxylic acids is 3. The average molecular weight is 533 g/mol. The molecule has 4 aliphatic rings. The molecule has 1 aliphatic heterocycles. The highest BCUT2D eigenvalue weighted by Gasteiger charge is 2.68. The lowest BCUT2D eigenvalue weighted by Crippen LogP contribution is -2.49. The molecular weight excluding hydrogens is 508 g/mol. The van der Waals surface area contributed by atoms with Crippen LogP contribution >= 0.6 is 11.6 Å². The van der Waals surface area contributed by atoms with E-state index in [9.17, 15) is 14.4 Å². The molecule has 1 fully saturated rings. The Morgan fingerprint density at radius 3 is 2.13 bits per heavy atom. The molecule has 3 amide bonds. The molecule has 192 valence electrons. The number of nitrogens with zero attached hydrogens (tertiary/aromatic N) is 1. The maximum absolute atomic E-state index is 14.3. The summed E-state index contributed by atoms with van der Waals surface area (Å²) < 4.78 is 0. The number of hydrogen-bond acceptors (Lipinski definition) is 3. The van der Waals surface area contributed by atoms with Crippen LogP contribution < -0.4 is 10.2 Å². The zero-order valence-electron chi connectivity index (χ0n) is 21.4. The van der Waals surface area contributed by atoms with Gasteiger partial charge in [0.2, 0.25) is 11.8 Å². The average Bonchev–Trinajstić information content (AvgIpc) is 3.16. The van der Waals surface area contributed by atoms with Crippen LogP contribution in [0.2, 0.25) is 5.02 Å². The second-order valence-corrected chi connectivity index (χ2v) is 11.2. The molecule has 1 heterocycles. The van der Waals surface area contributed by atoms with Gasteiger partial charge in [-0.3, -0.25) is 14.4 Å². The van der Waals surface area contributed by atoms with Gasteiger partial charge in [-0.2, -0.15) is 0 Å². The van der Waals surface area contributed by atoms with E-state index in [1.54, 1.807) is 42.5 Å². The van der Waals surface area contributed by atoms with Crippen molar-refractivity contribution in [2.45, 2.75) is 25.7 Å². The molecule has 5 nitrogen and oxygen atoms in total. The standard InChI is InChI=1S/C33H25ClN2O3/c1-18-25(34)15-8-16-26(18)35-30(37)19-9-7-10-20(17-19)36-31(38)29-27-21-11-3-5-13-23(21)28(33(29,2)32(36)39)24-14-6-4-12-22(24)27/h3-17,27-29H,1-2H3,(H,35,37)/t27?,28?,29-,33-/m0/s1. The zero-order valence-corrected chi connectivity index (χ0v) is 22.2. The van der Waals surface area contributed by atoms with Gasteiger partial charge in [-0.1, -0.05) is 72.3 Å². The summed E-state index contributed by atoms with van der Waals surface area (Å²) in [4.78, 5) is 43.0. The second-order valence-electron chi connectivity index (χ2n) is 10.8. The fraction of sp³-hybridized carbons (Fsp3) is 0.182. The van der Waals surface area contributed by atoms with Gasteiger partial charge in [-0.25, -0.2) is 4.90 Å². The molecular formula is C33H25ClN2O3. The monoisotopic (exact) mass is 532 g/mol. The zero-order chi connectivity index (χ0) is 27.1. The summed E-state index contributed by atoms with van der Waals surface area (Å²) in [6.07, 6.45) is 0. The summed E-state index contributed by atoms with van der Waals surface area (Å²) in [7, 11) is 0. The number of anilines is 2. The van der Waals surface area contributed by atoms with Crippen LogP contribution in [-0.4, -0.2) is 17.7 Å². The van der Waals surface area contributed by atoms with Gasteiger partial charge in [-0.15, -0.1) is 0 Å². The van der Waals surface area contributed by atoms with Crippen molar-refractivity contribution in [1.82, 2.24) is 0 Å². The van der Waals surface area contributed by atoms with Crippen molar-refractivity contribution in [2.75, 3.05) is 10.2 Å². The predicted octanol–water partition coefficient (Wildman–Crippen LogP) is 6.69. The molecule has 1 N–H and O–H groups in total. The van der Waals surface area contributed by atoms with E-state index in [0.29, 0.717) is 22.0 Å². The predicted molar refractivity (Wildman–Crippen MR) is 151 cm³/mol. The van der Waals surface area contributed by atoms with Crippen molar-refractivity contribution in [3.8, 4) is 0 Å². The molecule has 4 aromatic carbocycles. The molecule has 0 aromatic heterocycles. The lowest BCUT2D eigenvalue weighted by molar-refractivity contribution is -0.128. The molecule has 39 heavy (non-hydrogen) atoms. The van der Waals surface area contributed by atoms with E-state index in [0.717, 1.165) is 27.8 Å². The maximum atomic E-state index is 14.3. The van der Waals surface area contributed by atoms with Crippen LogP contribution in [0.4, 0.5) is 11.4 Å². The van der Waals surface area contributed by atoms with Crippen molar-refractivity contribution in [3.05, 3.63) is 129 Å². The summed E-state index contributed by atoms with van der Waals surface area (Å²) in [5.41, 5.74) is 5.68. The van der Waals surface area contributed by atoms with Crippen LogP contribution in [0.1, 0.15) is 56.9 Å². The number of rotatable bonds is 3. The van der Waals surface area contributed by atoms with Crippen molar-refractivity contribution < 1.29 is 14.4 Å². The molecule has 8 rings (SSSR count). The quantitative estimate of drug-likeness (QED) is 0.299. The van der Waals surface area contributed by atoms with E-state index in [-0.39, 0.29) is 29.6 Å². The van der Waals surface area contributed by atoms with Crippen LogP contribution in [0.3, 0.4) is 0 Å². The summed E-state index contributed by atoms with van der Waals surface area (Å²) in [6.45, 7) is 3.78. The van der Waals surface area contributed by atoms with E-state index in [1.807, 2.05) is 38.1 Å². The first-order valence-corrected chi connectivity index (χ1v) is 13.4. The highest BCUT2D eigenvalue weighted by Crippen LogP contribution is 2.67. The van der Waals surface area contributed by atoms with Crippen LogP contribution in [0, 0.1) is 18.3 Å². The van der Waals surface area contributed by atoms with Crippen molar-refractivity contribution in [3.63, 3.8) is 0 Å². The normalized spacial score (nSPS) is 24.3. The molecule has 6 heteroatoms. The van der Waals surface area contributed by atoms with E-state index >= 15 is 0 Å². The molecule has 2 bridgehead atoms. The molecule has 2 atom stereocenters. The Morgan fingerprint density at radius 1 is 0.846 bits per heavy atom. The van der Waals surface area contributed by atoms with Crippen LogP contribution in [0.5, 0.6) is 0 Å². The van der Waals surface area contributed by atoms with Crippen molar-refractivity contribution in [1.29, 1.82) is 0 Å². The number of imide groups is 1. The maximum Gasteiger partial charge on any atom is 0.255 e. The number of hydrogen-bond donors (Lipinski definition) is 1. The Kier molecular flexibility index (Phi) is 5.13. The summed E-state index contributed by atoms with van der Waals surface area (Å²) >= 11 is 6.22. The van der Waals surface area contributed by atoms with E-state index in [4.69, 9.17) is 11.6 Å². The summed E-state index contributed by atoms with van der Waals surface area (Å²) in [5.74, 6) is -1.73. The minimum Gasteiger partial charge on any atom is -0.322 e. The molecule has 0 spiro atoms. The minimum atomic E-state index is -0.930. The first-order chi connectivity index (χ1) is 18.8. The Hall–Kier alpha value is -4.22. The Labute approximate surface area is 231 Å². The van der Waals surface area contributed by atoms with E-state index in [2.05, 4.69) is 29.6 Å². The first-order valence-electron chi connectivity index (χ1n) is 13.0. The summed E-state index contributed by atoms with van der Waals surface area (Å²) in [5, 5.41) is 3.46. The smallest absolute Gasteiger partial charge is 0.255 e. The topological polar surface area (TPSA) is 66.5 Å². The van der Waals surface area contributed by atoms with Gasteiger partial charge in [-0.05, 0) is 72.0 Å². The van der Waals surface area contributed by atoms with Crippen molar-refractivity contribution >= 4 is 40.7 Å². The van der Waals surface area contributed by atoms with E-state index in [1.165, 1.54) is 4.90 Å². The molecule has 0 unspecified atom stereocenters.